The number of aliphatic hydroxyl groups excluding tert-OH is 1. The van der Waals surface area contributed by atoms with Crippen LogP contribution in [0.3, 0.4) is 0 Å². The lowest BCUT2D eigenvalue weighted by Gasteiger charge is -2.09. The summed E-state index contributed by atoms with van der Waals surface area (Å²) in [7, 11) is 0. The summed E-state index contributed by atoms with van der Waals surface area (Å²) in [6, 6.07) is 8.41. The Morgan fingerprint density at radius 3 is 2.62 bits per heavy atom. The number of aliphatic hydroxyl groups is 1. The minimum atomic E-state index is -0.190. The molecule has 0 spiro atoms. The van der Waals surface area contributed by atoms with Crippen LogP contribution in [0.5, 0.6) is 0 Å². The standard InChI is InChI=1S/C12H14N2O2/c1-9(8-15)7-14-12(16)11-4-2-10(6-13)3-5-11/h2-5,9,15H,7-8H2,1H3,(H,14,16). The van der Waals surface area contributed by atoms with Gasteiger partial charge in [0, 0.05) is 18.7 Å². The van der Waals surface area contributed by atoms with Gasteiger partial charge in [-0.3, -0.25) is 4.79 Å². The van der Waals surface area contributed by atoms with Gasteiger partial charge in [0.25, 0.3) is 5.91 Å². The van der Waals surface area contributed by atoms with Crippen molar-refractivity contribution in [3.8, 4) is 6.07 Å². The summed E-state index contributed by atoms with van der Waals surface area (Å²) >= 11 is 0. The number of rotatable bonds is 4. The molecule has 2 N–H and O–H groups in total. The average Bonchev–Trinajstić information content (AvgIpc) is 2.35. The monoisotopic (exact) mass is 218 g/mol. The third-order valence-electron chi connectivity index (χ3n) is 2.20. The minimum absolute atomic E-state index is 0.0438. The fourth-order valence-corrected chi connectivity index (χ4v) is 1.13. The molecule has 84 valence electrons. The van der Waals surface area contributed by atoms with E-state index in [0.29, 0.717) is 17.7 Å². The summed E-state index contributed by atoms with van der Waals surface area (Å²) in [6.07, 6.45) is 0. The summed E-state index contributed by atoms with van der Waals surface area (Å²) in [4.78, 5) is 11.6. The number of nitrogens with zero attached hydrogens (tertiary/aromatic N) is 1. The van der Waals surface area contributed by atoms with E-state index >= 15 is 0 Å². The molecule has 1 atom stereocenters. The Labute approximate surface area is 94.5 Å². The lowest BCUT2D eigenvalue weighted by molar-refractivity contribution is 0.0942. The molecule has 1 amide bonds. The van der Waals surface area contributed by atoms with Crippen LogP contribution in [0.15, 0.2) is 24.3 Å². The molecule has 1 aromatic carbocycles. The van der Waals surface area contributed by atoms with E-state index in [2.05, 4.69) is 5.32 Å². The lowest BCUT2D eigenvalue weighted by atomic mass is 10.1. The van der Waals surface area contributed by atoms with Gasteiger partial charge in [-0.25, -0.2) is 0 Å². The predicted molar refractivity (Wildman–Crippen MR) is 59.7 cm³/mol. The van der Waals surface area contributed by atoms with Crippen molar-refractivity contribution in [3.05, 3.63) is 35.4 Å². The van der Waals surface area contributed by atoms with Crippen molar-refractivity contribution in [3.63, 3.8) is 0 Å². The van der Waals surface area contributed by atoms with Crippen LogP contribution in [0.2, 0.25) is 0 Å². The Bertz CT molecular complexity index is 392. The van der Waals surface area contributed by atoms with Crippen LogP contribution < -0.4 is 5.32 Å². The molecule has 1 unspecified atom stereocenters. The molecular formula is C12H14N2O2. The van der Waals surface area contributed by atoms with E-state index in [1.807, 2.05) is 13.0 Å². The Hall–Kier alpha value is -1.86. The molecule has 0 bridgehead atoms. The minimum Gasteiger partial charge on any atom is -0.396 e. The van der Waals surface area contributed by atoms with E-state index in [0.717, 1.165) is 0 Å². The van der Waals surface area contributed by atoms with Crippen LogP contribution in [0.4, 0.5) is 0 Å². The van der Waals surface area contributed by atoms with Crippen LogP contribution in [-0.2, 0) is 0 Å². The Balaban J connectivity index is 2.57. The summed E-state index contributed by atoms with van der Waals surface area (Å²) in [5.41, 5.74) is 1.05. The van der Waals surface area contributed by atoms with Gasteiger partial charge in [0.1, 0.15) is 0 Å². The molecule has 16 heavy (non-hydrogen) atoms. The molecule has 4 nitrogen and oxygen atoms in total. The van der Waals surface area contributed by atoms with Gasteiger partial charge in [-0.2, -0.15) is 5.26 Å². The normalized spacial score (nSPS) is 11.6. The van der Waals surface area contributed by atoms with Crippen molar-refractivity contribution < 1.29 is 9.90 Å². The molecule has 0 heterocycles. The van der Waals surface area contributed by atoms with Gasteiger partial charge in [0.05, 0.1) is 11.6 Å². The quantitative estimate of drug-likeness (QED) is 0.789. The molecule has 1 rings (SSSR count). The first-order valence-corrected chi connectivity index (χ1v) is 5.06. The highest BCUT2D eigenvalue weighted by Crippen LogP contribution is 2.03. The number of hydrogen-bond donors (Lipinski definition) is 2. The highest BCUT2D eigenvalue weighted by Gasteiger charge is 2.06. The number of amides is 1. The van der Waals surface area contributed by atoms with Crippen molar-refractivity contribution in [1.29, 1.82) is 5.26 Å². The molecule has 0 radical (unpaired) electrons. The molecular weight excluding hydrogens is 204 g/mol. The van der Waals surface area contributed by atoms with Gasteiger partial charge in [-0.15, -0.1) is 0 Å². The molecule has 0 aromatic heterocycles. The summed E-state index contributed by atoms with van der Waals surface area (Å²) in [5, 5.41) is 20.1. The fraction of sp³-hybridized carbons (Fsp3) is 0.333. The maximum Gasteiger partial charge on any atom is 0.251 e. The molecule has 1 aromatic rings. The summed E-state index contributed by atoms with van der Waals surface area (Å²) in [6.45, 7) is 2.34. The highest BCUT2D eigenvalue weighted by molar-refractivity contribution is 5.94. The molecule has 0 saturated carbocycles. The van der Waals surface area contributed by atoms with E-state index in [9.17, 15) is 4.79 Å². The number of nitrogens with one attached hydrogen (secondary N) is 1. The first kappa shape index (κ1) is 12.2. The van der Waals surface area contributed by atoms with Crippen molar-refractivity contribution in [2.24, 2.45) is 5.92 Å². The van der Waals surface area contributed by atoms with Crippen LogP contribution >= 0.6 is 0 Å². The van der Waals surface area contributed by atoms with Crippen molar-refractivity contribution in [2.75, 3.05) is 13.2 Å². The van der Waals surface area contributed by atoms with Gasteiger partial charge >= 0.3 is 0 Å². The maximum absolute atomic E-state index is 11.6. The van der Waals surface area contributed by atoms with Crippen LogP contribution in [0.1, 0.15) is 22.8 Å². The largest absolute Gasteiger partial charge is 0.396 e. The molecule has 0 aliphatic heterocycles. The zero-order valence-corrected chi connectivity index (χ0v) is 9.10. The van der Waals surface area contributed by atoms with Gasteiger partial charge in [0.2, 0.25) is 0 Å². The van der Waals surface area contributed by atoms with Crippen molar-refractivity contribution in [2.45, 2.75) is 6.92 Å². The van der Waals surface area contributed by atoms with Gasteiger partial charge in [0.15, 0.2) is 0 Å². The summed E-state index contributed by atoms with van der Waals surface area (Å²) in [5.74, 6) is -0.146. The van der Waals surface area contributed by atoms with E-state index in [4.69, 9.17) is 10.4 Å². The third-order valence-corrected chi connectivity index (χ3v) is 2.20. The summed E-state index contributed by atoms with van der Waals surface area (Å²) < 4.78 is 0. The van der Waals surface area contributed by atoms with Gasteiger partial charge < -0.3 is 10.4 Å². The molecule has 0 aliphatic carbocycles. The molecule has 0 aliphatic rings. The molecule has 0 saturated heterocycles. The smallest absolute Gasteiger partial charge is 0.251 e. The second kappa shape index (κ2) is 5.89. The molecule has 0 fully saturated rings. The topological polar surface area (TPSA) is 73.1 Å². The first-order chi connectivity index (χ1) is 7.67. The Morgan fingerprint density at radius 1 is 1.50 bits per heavy atom. The van der Waals surface area contributed by atoms with Crippen molar-refractivity contribution >= 4 is 5.91 Å². The average molecular weight is 218 g/mol. The van der Waals surface area contributed by atoms with E-state index < -0.39 is 0 Å². The van der Waals surface area contributed by atoms with Crippen molar-refractivity contribution in [1.82, 2.24) is 5.32 Å². The van der Waals surface area contributed by atoms with Crippen LogP contribution in [-0.4, -0.2) is 24.2 Å². The van der Waals surface area contributed by atoms with Crippen LogP contribution in [0, 0.1) is 17.2 Å². The predicted octanol–water partition coefficient (Wildman–Crippen LogP) is 0.916. The maximum atomic E-state index is 11.6. The number of hydrogen-bond acceptors (Lipinski definition) is 3. The Morgan fingerprint density at radius 2 is 2.12 bits per heavy atom. The lowest BCUT2D eigenvalue weighted by Crippen LogP contribution is -2.29. The first-order valence-electron chi connectivity index (χ1n) is 5.06. The molecule has 4 heteroatoms. The zero-order valence-electron chi connectivity index (χ0n) is 9.10. The zero-order chi connectivity index (χ0) is 12.0. The Kier molecular flexibility index (Phi) is 4.49. The number of carbonyl (C=O) groups excluding carboxylic acids is 1. The van der Waals surface area contributed by atoms with Gasteiger partial charge in [-0.1, -0.05) is 6.92 Å². The van der Waals surface area contributed by atoms with Gasteiger partial charge in [-0.05, 0) is 30.2 Å². The highest BCUT2D eigenvalue weighted by atomic mass is 16.3. The number of benzene rings is 1. The van der Waals surface area contributed by atoms with Crippen LogP contribution in [0.25, 0.3) is 0 Å². The SMILES string of the molecule is CC(CO)CNC(=O)c1ccc(C#N)cc1. The third kappa shape index (κ3) is 3.37. The fourth-order valence-electron chi connectivity index (χ4n) is 1.13. The number of carbonyl (C=O) groups is 1. The van der Waals surface area contributed by atoms with E-state index in [1.54, 1.807) is 24.3 Å². The number of nitriles is 1. The van der Waals surface area contributed by atoms with E-state index in [-0.39, 0.29) is 18.4 Å². The second-order valence-corrected chi connectivity index (χ2v) is 3.69. The second-order valence-electron chi connectivity index (χ2n) is 3.69. The van der Waals surface area contributed by atoms with E-state index in [1.165, 1.54) is 0 Å².